The number of nitrogens with zero attached hydrogens (tertiary/aromatic N) is 2. The number of benzene rings is 1. The zero-order chi connectivity index (χ0) is 16.8. The van der Waals surface area contributed by atoms with Crippen molar-refractivity contribution in [2.45, 2.75) is 37.5 Å². The first-order chi connectivity index (χ1) is 10.3. The maximum Gasteiger partial charge on any atom is 0.270 e. The molecule has 0 saturated heterocycles. The largest absolute Gasteiger partial charge is 0.384 e. The van der Waals surface area contributed by atoms with E-state index in [1.54, 1.807) is 0 Å². The van der Waals surface area contributed by atoms with E-state index in [2.05, 4.69) is 12.2 Å². The van der Waals surface area contributed by atoms with E-state index < -0.39 is 14.9 Å². The van der Waals surface area contributed by atoms with Crippen molar-refractivity contribution in [2.75, 3.05) is 26.0 Å². The van der Waals surface area contributed by atoms with Crippen molar-refractivity contribution >= 4 is 21.4 Å². The monoisotopic (exact) mass is 329 g/mol. The first-order valence-electron chi connectivity index (χ1n) is 7.25. The maximum absolute atomic E-state index is 12.3. The van der Waals surface area contributed by atoms with Gasteiger partial charge in [-0.1, -0.05) is 26.2 Å². The number of nitro benzene ring substituents is 1. The summed E-state index contributed by atoms with van der Waals surface area (Å²) in [5.41, 5.74) is 0.160. The molecule has 0 bridgehead atoms. The molecule has 22 heavy (non-hydrogen) atoms. The zero-order valence-electron chi connectivity index (χ0n) is 13.2. The van der Waals surface area contributed by atoms with Crippen molar-refractivity contribution in [3.8, 4) is 0 Å². The lowest BCUT2D eigenvalue weighted by Gasteiger charge is -2.16. The Morgan fingerprint density at radius 2 is 1.91 bits per heavy atom. The number of hydrogen-bond acceptors (Lipinski definition) is 5. The number of non-ortho nitro benzene ring substituents is 1. The third-order valence-corrected chi connectivity index (χ3v) is 5.14. The van der Waals surface area contributed by atoms with Crippen LogP contribution in [0.15, 0.2) is 23.1 Å². The summed E-state index contributed by atoms with van der Waals surface area (Å²) in [6, 6.07) is 3.86. The van der Waals surface area contributed by atoms with Gasteiger partial charge < -0.3 is 5.32 Å². The van der Waals surface area contributed by atoms with Crippen LogP contribution in [0.4, 0.5) is 11.4 Å². The number of rotatable bonds is 9. The molecule has 0 aliphatic carbocycles. The quantitative estimate of drug-likeness (QED) is 0.427. The first kappa shape index (κ1) is 18.4. The summed E-state index contributed by atoms with van der Waals surface area (Å²) >= 11 is 0. The molecule has 1 aromatic carbocycles. The van der Waals surface area contributed by atoms with Crippen LogP contribution >= 0.6 is 0 Å². The van der Waals surface area contributed by atoms with Crippen LogP contribution in [0.3, 0.4) is 0 Å². The summed E-state index contributed by atoms with van der Waals surface area (Å²) in [5.74, 6) is 0. The smallest absolute Gasteiger partial charge is 0.270 e. The summed E-state index contributed by atoms with van der Waals surface area (Å²) in [4.78, 5) is 10.2. The van der Waals surface area contributed by atoms with Gasteiger partial charge in [0.05, 0.1) is 10.6 Å². The van der Waals surface area contributed by atoms with Gasteiger partial charge in [0, 0.05) is 32.8 Å². The Labute approximate surface area is 131 Å². The molecule has 1 rings (SSSR count). The van der Waals surface area contributed by atoms with E-state index >= 15 is 0 Å². The third kappa shape index (κ3) is 4.67. The SMILES string of the molecule is CCCCCCNc1ccc([N+](=O)[O-])cc1S(=O)(=O)N(C)C. The summed E-state index contributed by atoms with van der Waals surface area (Å²) in [6.45, 7) is 2.75. The van der Waals surface area contributed by atoms with E-state index in [0.717, 1.165) is 36.1 Å². The standard InChI is InChI=1S/C14H23N3O4S/c1-4-5-6-7-10-15-13-9-8-12(17(18)19)11-14(13)22(20,21)16(2)3/h8-9,11,15H,4-7,10H2,1-3H3. The Bertz CT molecular complexity index is 615. The van der Waals surface area contributed by atoms with Gasteiger partial charge in [-0.05, 0) is 12.5 Å². The number of nitrogens with one attached hydrogen (secondary N) is 1. The van der Waals surface area contributed by atoms with Gasteiger partial charge in [0.25, 0.3) is 5.69 Å². The molecule has 0 radical (unpaired) electrons. The molecular weight excluding hydrogens is 306 g/mol. The van der Waals surface area contributed by atoms with Crippen LogP contribution in [0.1, 0.15) is 32.6 Å². The Morgan fingerprint density at radius 1 is 1.23 bits per heavy atom. The molecular formula is C14H23N3O4S. The van der Waals surface area contributed by atoms with Crippen molar-refractivity contribution in [1.82, 2.24) is 4.31 Å². The normalized spacial score (nSPS) is 11.6. The Kier molecular flexibility index (Phi) is 6.76. The highest BCUT2D eigenvalue weighted by Gasteiger charge is 2.24. The van der Waals surface area contributed by atoms with E-state index in [-0.39, 0.29) is 10.6 Å². The molecule has 7 nitrogen and oxygen atoms in total. The fourth-order valence-electron chi connectivity index (χ4n) is 1.96. The number of hydrogen-bond donors (Lipinski definition) is 1. The average Bonchev–Trinajstić information content (AvgIpc) is 2.46. The van der Waals surface area contributed by atoms with Crippen LogP contribution in [0.25, 0.3) is 0 Å². The van der Waals surface area contributed by atoms with Gasteiger partial charge in [-0.2, -0.15) is 0 Å². The maximum atomic E-state index is 12.3. The van der Waals surface area contributed by atoms with Crippen molar-refractivity contribution in [3.05, 3.63) is 28.3 Å². The molecule has 0 amide bonds. The molecule has 8 heteroatoms. The van der Waals surface area contributed by atoms with E-state index in [4.69, 9.17) is 0 Å². The molecule has 0 saturated carbocycles. The van der Waals surface area contributed by atoms with Crippen molar-refractivity contribution < 1.29 is 13.3 Å². The van der Waals surface area contributed by atoms with Gasteiger partial charge >= 0.3 is 0 Å². The number of unbranched alkanes of at least 4 members (excludes halogenated alkanes) is 3. The molecule has 0 unspecified atom stereocenters. The van der Waals surface area contributed by atoms with Gasteiger partial charge in [-0.25, -0.2) is 12.7 Å². The van der Waals surface area contributed by atoms with Crippen molar-refractivity contribution in [1.29, 1.82) is 0 Å². The predicted octanol–water partition coefficient (Wildman–Crippen LogP) is 2.84. The van der Waals surface area contributed by atoms with Crippen LogP contribution in [0, 0.1) is 10.1 Å². The lowest BCUT2D eigenvalue weighted by atomic mass is 10.2. The van der Waals surface area contributed by atoms with Crippen LogP contribution < -0.4 is 5.32 Å². The number of sulfonamides is 1. The molecule has 0 aromatic heterocycles. The number of nitro groups is 1. The summed E-state index contributed by atoms with van der Waals surface area (Å²) < 4.78 is 25.7. The van der Waals surface area contributed by atoms with E-state index in [9.17, 15) is 18.5 Å². The Balaban J connectivity index is 3.03. The molecule has 0 spiro atoms. The second kappa shape index (κ2) is 8.09. The van der Waals surface area contributed by atoms with E-state index in [0.29, 0.717) is 12.2 Å². The van der Waals surface area contributed by atoms with E-state index in [1.807, 2.05) is 0 Å². The van der Waals surface area contributed by atoms with Crippen LogP contribution in [-0.2, 0) is 10.0 Å². The predicted molar refractivity (Wildman–Crippen MR) is 86.6 cm³/mol. The highest BCUT2D eigenvalue weighted by molar-refractivity contribution is 7.89. The average molecular weight is 329 g/mol. The molecule has 1 aromatic rings. The first-order valence-corrected chi connectivity index (χ1v) is 8.69. The van der Waals surface area contributed by atoms with Gasteiger partial charge in [0.15, 0.2) is 0 Å². The highest BCUT2D eigenvalue weighted by atomic mass is 32.2. The van der Waals surface area contributed by atoms with Gasteiger partial charge in [-0.15, -0.1) is 0 Å². The zero-order valence-corrected chi connectivity index (χ0v) is 14.0. The lowest BCUT2D eigenvalue weighted by molar-refractivity contribution is -0.385. The van der Waals surface area contributed by atoms with Crippen LogP contribution in [-0.4, -0.2) is 38.3 Å². The third-order valence-electron chi connectivity index (χ3n) is 3.28. The minimum absolute atomic E-state index is 0.0674. The summed E-state index contributed by atoms with van der Waals surface area (Å²) in [6.07, 6.45) is 4.24. The van der Waals surface area contributed by atoms with Gasteiger partial charge in [0.2, 0.25) is 10.0 Å². The second-order valence-electron chi connectivity index (χ2n) is 5.21. The van der Waals surface area contributed by atoms with Gasteiger partial charge in [-0.3, -0.25) is 10.1 Å². The van der Waals surface area contributed by atoms with Crippen LogP contribution in [0.2, 0.25) is 0 Å². The second-order valence-corrected chi connectivity index (χ2v) is 7.33. The summed E-state index contributed by atoms with van der Waals surface area (Å²) in [7, 11) is -0.941. The molecule has 124 valence electrons. The van der Waals surface area contributed by atoms with Crippen molar-refractivity contribution in [2.24, 2.45) is 0 Å². The lowest BCUT2D eigenvalue weighted by Crippen LogP contribution is -2.23. The number of anilines is 1. The molecule has 0 aliphatic rings. The van der Waals surface area contributed by atoms with Crippen LogP contribution in [0.5, 0.6) is 0 Å². The fourth-order valence-corrected chi connectivity index (χ4v) is 3.04. The summed E-state index contributed by atoms with van der Waals surface area (Å²) in [5, 5.41) is 13.9. The Morgan fingerprint density at radius 3 is 2.45 bits per heavy atom. The van der Waals surface area contributed by atoms with Gasteiger partial charge in [0.1, 0.15) is 4.90 Å². The topological polar surface area (TPSA) is 92.5 Å². The Hall–Kier alpha value is -1.67. The van der Waals surface area contributed by atoms with Crippen molar-refractivity contribution in [3.63, 3.8) is 0 Å². The van der Waals surface area contributed by atoms with E-state index in [1.165, 1.54) is 26.2 Å². The fraction of sp³-hybridized carbons (Fsp3) is 0.571. The molecule has 0 heterocycles. The molecule has 0 fully saturated rings. The highest BCUT2D eigenvalue weighted by Crippen LogP contribution is 2.28. The molecule has 0 atom stereocenters. The molecule has 1 N–H and O–H groups in total. The molecule has 0 aliphatic heterocycles. The minimum Gasteiger partial charge on any atom is -0.384 e. The minimum atomic E-state index is -3.74.